The van der Waals surface area contributed by atoms with Crippen LogP contribution in [0, 0.1) is 23.6 Å². The molecule has 35 heavy (non-hydrogen) atoms. The number of benzene rings is 1. The van der Waals surface area contributed by atoms with Gasteiger partial charge in [-0.15, -0.1) is 0 Å². The van der Waals surface area contributed by atoms with Gasteiger partial charge in [0.25, 0.3) is 0 Å². The van der Waals surface area contributed by atoms with E-state index in [1.807, 2.05) is 19.1 Å². The van der Waals surface area contributed by atoms with Gasteiger partial charge in [0, 0.05) is 24.9 Å². The zero-order valence-electron chi connectivity index (χ0n) is 22.1. The SMILES string of the molecule is CCOC(=O)C[C@@H]1CC[C@@H](N(CCC2CCCCC2)CC2CCCCC2)[C@H](c2ccccc2F)C1. The molecule has 1 aromatic carbocycles. The second kappa shape index (κ2) is 13.8. The van der Waals surface area contributed by atoms with Crippen LogP contribution in [0.4, 0.5) is 4.39 Å². The van der Waals surface area contributed by atoms with E-state index in [-0.39, 0.29) is 23.6 Å². The summed E-state index contributed by atoms with van der Waals surface area (Å²) in [5, 5.41) is 0. The van der Waals surface area contributed by atoms with E-state index in [0.717, 1.165) is 43.2 Å². The van der Waals surface area contributed by atoms with Crippen molar-refractivity contribution in [3.63, 3.8) is 0 Å². The summed E-state index contributed by atoms with van der Waals surface area (Å²) in [6.45, 7) is 4.62. The lowest BCUT2D eigenvalue weighted by Gasteiger charge is -2.45. The zero-order valence-corrected chi connectivity index (χ0v) is 22.1. The molecule has 0 radical (unpaired) electrons. The van der Waals surface area contributed by atoms with Gasteiger partial charge in [0.15, 0.2) is 0 Å². The third kappa shape index (κ3) is 7.78. The number of halogens is 1. The summed E-state index contributed by atoms with van der Waals surface area (Å²) >= 11 is 0. The molecular formula is C31H48FNO2. The third-order valence-electron chi connectivity index (χ3n) is 9.22. The van der Waals surface area contributed by atoms with Gasteiger partial charge in [-0.1, -0.05) is 69.6 Å². The fourth-order valence-corrected chi connectivity index (χ4v) is 7.35. The molecule has 3 nitrogen and oxygen atoms in total. The van der Waals surface area contributed by atoms with E-state index < -0.39 is 0 Å². The number of hydrogen-bond donors (Lipinski definition) is 0. The van der Waals surface area contributed by atoms with Crippen molar-refractivity contribution in [1.82, 2.24) is 4.90 Å². The van der Waals surface area contributed by atoms with Crippen LogP contribution in [0.5, 0.6) is 0 Å². The molecule has 4 rings (SSSR count). The number of nitrogens with zero attached hydrogens (tertiary/aromatic N) is 1. The molecule has 4 heteroatoms. The molecule has 0 unspecified atom stereocenters. The van der Waals surface area contributed by atoms with Crippen LogP contribution in [0.2, 0.25) is 0 Å². The van der Waals surface area contributed by atoms with Crippen molar-refractivity contribution in [3.05, 3.63) is 35.6 Å². The first-order chi connectivity index (χ1) is 17.1. The lowest BCUT2D eigenvalue weighted by Crippen LogP contribution is -2.46. The number of carbonyl (C=O) groups is 1. The Morgan fingerprint density at radius 2 is 1.60 bits per heavy atom. The Labute approximate surface area is 213 Å². The molecule has 0 aliphatic heterocycles. The Morgan fingerprint density at radius 3 is 2.29 bits per heavy atom. The molecule has 3 aliphatic rings. The fourth-order valence-electron chi connectivity index (χ4n) is 7.35. The quantitative estimate of drug-likeness (QED) is 0.316. The number of carbonyl (C=O) groups excluding carboxylic acids is 1. The van der Waals surface area contributed by atoms with Gasteiger partial charge in [-0.3, -0.25) is 9.69 Å². The summed E-state index contributed by atoms with van der Waals surface area (Å²) in [7, 11) is 0. The molecule has 3 aliphatic carbocycles. The Hall–Kier alpha value is -1.42. The maximum Gasteiger partial charge on any atom is 0.306 e. The molecule has 3 saturated carbocycles. The highest BCUT2D eigenvalue weighted by molar-refractivity contribution is 5.69. The van der Waals surface area contributed by atoms with E-state index >= 15 is 4.39 Å². The summed E-state index contributed by atoms with van der Waals surface area (Å²) in [4.78, 5) is 15.1. The minimum Gasteiger partial charge on any atom is -0.466 e. The van der Waals surface area contributed by atoms with Gasteiger partial charge in [0.1, 0.15) is 5.82 Å². The molecule has 0 bridgehead atoms. The standard InChI is InChI=1S/C31H48FNO2/c1-2-35-31(34)22-26-17-18-30(28(21-26)27-15-9-10-16-29(27)32)33(23-25-13-7-4-8-14-25)20-19-24-11-5-3-6-12-24/h9-10,15-16,24-26,28,30H,2-8,11-14,17-23H2,1H3/t26-,28+,30-/m1/s1. The Morgan fingerprint density at radius 1 is 0.914 bits per heavy atom. The summed E-state index contributed by atoms with van der Waals surface area (Å²) < 4.78 is 20.4. The molecule has 0 aromatic heterocycles. The van der Waals surface area contributed by atoms with Gasteiger partial charge in [-0.25, -0.2) is 4.39 Å². The molecule has 0 heterocycles. The highest BCUT2D eigenvalue weighted by atomic mass is 19.1. The molecule has 3 atom stereocenters. The second-order valence-electron chi connectivity index (χ2n) is 11.7. The molecular weight excluding hydrogens is 437 g/mol. The topological polar surface area (TPSA) is 29.5 Å². The van der Waals surface area contributed by atoms with Gasteiger partial charge < -0.3 is 4.74 Å². The van der Waals surface area contributed by atoms with Gasteiger partial charge in [0.2, 0.25) is 0 Å². The van der Waals surface area contributed by atoms with E-state index in [1.165, 1.54) is 77.2 Å². The third-order valence-corrected chi connectivity index (χ3v) is 9.22. The van der Waals surface area contributed by atoms with Gasteiger partial charge in [0.05, 0.1) is 6.61 Å². The predicted octanol–water partition coefficient (Wildman–Crippen LogP) is 7.88. The first kappa shape index (κ1) is 26.6. The molecule has 0 N–H and O–H groups in total. The van der Waals surface area contributed by atoms with Crippen molar-refractivity contribution in [2.24, 2.45) is 17.8 Å². The number of esters is 1. The molecule has 196 valence electrons. The fraction of sp³-hybridized carbons (Fsp3) is 0.774. The molecule has 0 spiro atoms. The van der Waals surface area contributed by atoms with Crippen LogP contribution in [0.15, 0.2) is 24.3 Å². The smallest absolute Gasteiger partial charge is 0.306 e. The average Bonchev–Trinajstić information content (AvgIpc) is 2.88. The van der Waals surface area contributed by atoms with Crippen molar-refractivity contribution >= 4 is 5.97 Å². The Bertz CT molecular complexity index is 771. The van der Waals surface area contributed by atoms with Crippen LogP contribution < -0.4 is 0 Å². The highest BCUT2D eigenvalue weighted by Gasteiger charge is 2.38. The summed E-state index contributed by atoms with van der Waals surface area (Å²) in [5.74, 6) is 1.91. The summed E-state index contributed by atoms with van der Waals surface area (Å²) in [5.41, 5.74) is 0.859. The van der Waals surface area contributed by atoms with E-state index in [4.69, 9.17) is 4.74 Å². The van der Waals surface area contributed by atoms with Crippen LogP contribution >= 0.6 is 0 Å². The van der Waals surface area contributed by atoms with E-state index in [2.05, 4.69) is 4.90 Å². The first-order valence-corrected chi connectivity index (χ1v) is 14.8. The molecule has 3 fully saturated rings. The normalized spacial score (nSPS) is 26.7. The maximum atomic E-state index is 15.1. The van der Waals surface area contributed by atoms with Crippen LogP contribution in [0.25, 0.3) is 0 Å². The second-order valence-corrected chi connectivity index (χ2v) is 11.7. The number of hydrogen-bond acceptors (Lipinski definition) is 3. The zero-order chi connectivity index (χ0) is 24.5. The van der Waals surface area contributed by atoms with Crippen molar-refractivity contribution in [2.75, 3.05) is 19.7 Å². The Kier molecular flexibility index (Phi) is 10.5. The molecule has 1 aromatic rings. The van der Waals surface area contributed by atoms with Crippen LogP contribution in [-0.4, -0.2) is 36.6 Å². The van der Waals surface area contributed by atoms with E-state index in [0.29, 0.717) is 19.1 Å². The van der Waals surface area contributed by atoms with Crippen LogP contribution in [-0.2, 0) is 9.53 Å². The lowest BCUT2D eigenvalue weighted by atomic mass is 9.72. The average molecular weight is 486 g/mol. The van der Waals surface area contributed by atoms with Gasteiger partial charge in [-0.05, 0) is 81.4 Å². The van der Waals surface area contributed by atoms with Crippen LogP contribution in [0.3, 0.4) is 0 Å². The first-order valence-electron chi connectivity index (χ1n) is 14.8. The minimum absolute atomic E-state index is 0.0795. The molecule has 0 amide bonds. The van der Waals surface area contributed by atoms with Crippen LogP contribution in [0.1, 0.15) is 115 Å². The highest BCUT2D eigenvalue weighted by Crippen LogP contribution is 2.42. The monoisotopic (exact) mass is 485 g/mol. The maximum absolute atomic E-state index is 15.1. The van der Waals surface area contributed by atoms with Crippen molar-refractivity contribution in [3.8, 4) is 0 Å². The number of ether oxygens (including phenoxy) is 1. The molecule has 0 saturated heterocycles. The predicted molar refractivity (Wildman–Crippen MR) is 141 cm³/mol. The van der Waals surface area contributed by atoms with Crippen molar-refractivity contribution < 1.29 is 13.9 Å². The number of rotatable bonds is 10. The summed E-state index contributed by atoms with van der Waals surface area (Å²) in [6, 6.07) is 7.78. The lowest BCUT2D eigenvalue weighted by molar-refractivity contribution is -0.144. The van der Waals surface area contributed by atoms with Gasteiger partial charge >= 0.3 is 5.97 Å². The Balaban J connectivity index is 1.52. The van der Waals surface area contributed by atoms with Crippen molar-refractivity contribution in [2.45, 2.75) is 115 Å². The summed E-state index contributed by atoms with van der Waals surface area (Å²) in [6.07, 6.45) is 18.5. The minimum atomic E-state index is -0.0976. The van der Waals surface area contributed by atoms with Gasteiger partial charge in [-0.2, -0.15) is 0 Å². The largest absolute Gasteiger partial charge is 0.466 e. The van der Waals surface area contributed by atoms with Crippen molar-refractivity contribution in [1.29, 1.82) is 0 Å². The van der Waals surface area contributed by atoms with E-state index in [9.17, 15) is 4.79 Å². The van der Waals surface area contributed by atoms with E-state index in [1.54, 1.807) is 12.1 Å².